The highest BCUT2D eigenvalue weighted by Crippen LogP contribution is 2.12. The first-order chi connectivity index (χ1) is 5.74. The lowest BCUT2D eigenvalue weighted by atomic mass is 10.1. The molecule has 63 valence electrons. The van der Waals surface area contributed by atoms with Gasteiger partial charge in [0.2, 0.25) is 0 Å². The minimum absolute atomic E-state index is 0.101. The minimum Gasteiger partial charge on any atom is -0.330 e. The first-order valence-corrected chi connectivity index (χ1v) is 3.52. The SMILES string of the molecule is NC[CH]c1ccc([N+](=O)[O-])cc1. The van der Waals surface area contributed by atoms with Crippen LogP contribution in [0.15, 0.2) is 24.3 Å². The standard InChI is InChI=1S/C8H9N2O2/c9-6-5-7-1-3-8(4-2-7)10(11)12/h1-5H,6,9H2. The van der Waals surface area contributed by atoms with E-state index in [2.05, 4.69) is 0 Å². The number of non-ortho nitro benzene ring substituents is 1. The van der Waals surface area contributed by atoms with Gasteiger partial charge in [0.1, 0.15) is 0 Å². The van der Waals surface area contributed by atoms with Gasteiger partial charge in [-0.15, -0.1) is 0 Å². The Kier molecular flexibility index (Phi) is 2.76. The predicted octanol–water partition coefficient (Wildman–Crippen LogP) is 1.11. The van der Waals surface area contributed by atoms with E-state index in [1.54, 1.807) is 18.6 Å². The molecule has 0 amide bonds. The largest absolute Gasteiger partial charge is 0.330 e. The van der Waals surface area contributed by atoms with Gasteiger partial charge < -0.3 is 5.73 Å². The molecule has 12 heavy (non-hydrogen) atoms. The summed E-state index contributed by atoms with van der Waals surface area (Å²) in [5.41, 5.74) is 6.28. The fraction of sp³-hybridized carbons (Fsp3) is 0.125. The molecular weight excluding hydrogens is 156 g/mol. The third kappa shape index (κ3) is 2.03. The normalized spacial score (nSPS) is 9.75. The number of benzene rings is 1. The summed E-state index contributed by atoms with van der Waals surface area (Å²) < 4.78 is 0. The molecular formula is C8H9N2O2. The van der Waals surface area contributed by atoms with Crippen molar-refractivity contribution in [2.75, 3.05) is 6.54 Å². The summed E-state index contributed by atoms with van der Waals surface area (Å²) in [6, 6.07) is 6.26. The van der Waals surface area contributed by atoms with Crippen LogP contribution in [-0.2, 0) is 0 Å². The lowest BCUT2D eigenvalue weighted by Crippen LogP contribution is -1.99. The molecule has 0 spiro atoms. The van der Waals surface area contributed by atoms with Crippen LogP contribution in [0.5, 0.6) is 0 Å². The topological polar surface area (TPSA) is 69.2 Å². The van der Waals surface area contributed by atoms with Crippen LogP contribution < -0.4 is 5.73 Å². The Labute approximate surface area is 70.2 Å². The van der Waals surface area contributed by atoms with Gasteiger partial charge in [0.25, 0.3) is 5.69 Å². The van der Waals surface area contributed by atoms with Gasteiger partial charge in [-0.05, 0) is 12.1 Å². The maximum absolute atomic E-state index is 10.2. The summed E-state index contributed by atoms with van der Waals surface area (Å²) in [5.74, 6) is 0. The predicted molar refractivity (Wildman–Crippen MR) is 45.6 cm³/mol. The van der Waals surface area contributed by atoms with Crippen LogP contribution in [0.1, 0.15) is 5.56 Å². The Balaban J connectivity index is 2.78. The van der Waals surface area contributed by atoms with Crippen molar-refractivity contribution in [3.05, 3.63) is 46.4 Å². The van der Waals surface area contributed by atoms with Gasteiger partial charge in [-0.3, -0.25) is 10.1 Å². The average molecular weight is 165 g/mol. The zero-order chi connectivity index (χ0) is 8.97. The summed E-state index contributed by atoms with van der Waals surface area (Å²) in [7, 11) is 0. The van der Waals surface area contributed by atoms with Gasteiger partial charge in [0, 0.05) is 18.6 Å². The smallest absolute Gasteiger partial charge is 0.269 e. The molecule has 0 aliphatic rings. The molecule has 0 saturated carbocycles. The number of nitro groups is 1. The number of nitrogens with two attached hydrogens (primary N) is 1. The van der Waals surface area contributed by atoms with Crippen molar-refractivity contribution in [3.63, 3.8) is 0 Å². The molecule has 2 N–H and O–H groups in total. The molecule has 4 nitrogen and oxygen atoms in total. The lowest BCUT2D eigenvalue weighted by molar-refractivity contribution is -0.384. The zero-order valence-corrected chi connectivity index (χ0v) is 6.43. The van der Waals surface area contributed by atoms with Crippen molar-refractivity contribution < 1.29 is 4.92 Å². The molecule has 1 aromatic carbocycles. The Morgan fingerprint density at radius 1 is 1.42 bits per heavy atom. The molecule has 0 heterocycles. The summed E-state index contributed by atoms with van der Waals surface area (Å²) in [4.78, 5) is 9.82. The average Bonchev–Trinajstić information content (AvgIpc) is 2.06. The van der Waals surface area contributed by atoms with Crippen molar-refractivity contribution in [2.24, 2.45) is 5.73 Å². The van der Waals surface area contributed by atoms with Crippen molar-refractivity contribution in [2.45, 2.75) is 0 Å². The van der Waals surface area contributed by atoms with E-state index in [0.29, 0.717) is 6.54 Å². The highest BCUT2D eigenvalue weighted by atomic mass is 16.6. The molecule has 0 fully saturated rings. The molecule has 1 radical (unpaired) electrons. The highest BCUT2D eigenvalue weighted by molar-refractivity contribution is 5.35. The lowest BCUT2D eigenvalue weighted by Gasteiger charge is -1.95. The number of nitro benzene ring substituents is 1. The molecule has 0 aliphatic heterocycles. The molecule has 0 bridgehead atoms. The Morgan fingerprint density at radius 2 is 2.00 bits per heavy atom. The van der Waals surface area contributed by atoms with Crippen LogP contribution in [0.25, 0.3) is 0 Å². The fourth-order valence-electron chi connectivity index (χ4n) is 0.868. The number of hydrogen-bond acceptors (Lipinski definition) is 3. The zero-order valence-electron chi connectivity index (χ0n) is 6.43. The number of hydrogen-bond donors (Lipinski definition) is 1. The maximum atomic E-state index is 10.2. The molecule has 0 aliphatic carbocycles. The van der Waals surface area contributed by atoms with Gasteiger partial charge in [-0.2, -0.15) is 0 Å². The van der Waals surface area contributed by atoms with Crippen LogP contribution in [-0.4, -0.2) is 11.5 Å². The molecule has 0 aromatic heterocycles. The van der Waals surface area contributed by atoms with E-state index in [1.165, 1.54) is 12.1 Å². The van der Waals surface area contributed by atoms with E-state index in [0.717, 1.165) is 5.56 Å². The van der Waals surface area contributed by atoms with Crippen molar-refractivity contribution in [3.8, 4) is 0 Å². The molecule has 0 saturated heterocycles. The summed E-state index contributed by atoms with van der Waals surface area (Å²) in [5, 5.41) is 10.2. The Morgan fingerprint density at radius 3 is 2.42 bits per heavy atom. The van der Waals surface area contributed by atoms with Crippen LogP contribution >= 0.6 is 0 Å². The van der Waals surface area contributed by atoms with Crippen LogP contribution in [0, 0.1) is 16.5 Å². The highest BCUT2D eigenvalue weighted by Gasteiger charge is 2.02. The minimum atomic E-state index is -0.424. The summed E-state index contributed by atoms with van der Waals surface area (Å²) in [6.45, 7) is 0.442. The quantitative estimate of drug-likeness (QED) is 0.538. The third-order valence-electron chi connectivity index (χ3n) is 1.46. The number of nitrogens with zero attached hydrogens (tertiary/aromatic N) is 1. The maximum Gasteiger partial charge on any atom is 0.269 e. The molecule has 0 unspecified atom stereocenters. The molecule has 4 heteroatoms. The summed E-state index contributed by atoms with van der Waals surface area (Å²) in [6.07, 6.45) is 1.80. The van der Waals surface area contributed by atoms with E-state index in [4.69, 9.17) is 5.73 Å². The van der Waals surface area contributed by atoms with E-state index in [1.807, 2.05) is 0 Å². The Bertz CT molecular complexity index is 269. The van der Waals surface area contributed by atoms with Gasteiger partial charge in [0.15, 0.2) is 0 Å². The van der Waals surface area contributed by atoms with E-state index < -0.39 is 4.92 Å². The van der Waals surface area contributed by atoms with Crippen LogP contribution in [0.3, 0.4) is 0 Å². The van der Waals surface area contributed by atoms with Gasteiger partial charge in [-0.1, -0.05) is 12.1 Å². The van der Waals surface area contributed by atoms with Gasteiger partial charge >= 0.3 is 0 Å². The third-order valence-corrected chi connectivity index (χ3v) is 1.46. The second-order valence-corrected chi connectivity index (χ2v) is 2.29. The first-order valence-electron chi connectivity index (χ1n) is 3.52. The van der Waals surface area contributed by atoms with Crippen molar-refractivity contribution in [1.82, 2.24) is 0 Å². The fourth-order valence-corrected chi connectivity index (χ4v) is 0.868. The van der Waals surface area contributed by atoms with Gasteiger partial charge in [0.05, 0.1) is 4.92 Å². The first kappa shape index (κ1) is 8.67. The molecule has 1 rings (SSSR count). The van der Waals surface area contributed by atoms with Crippen molar-refractivity contribution in [1.29, 1.82) is 0 Å². The molecule has 0 atom stereocenters. The van der Waals surface area contributed by atoms with Crippen molar-refractivity contribution >= 4 is 5.69 Å². The van der Waals surface area contributed by atoms with E-state index in [9.17, 15) is 10.1 Å². The monoisotopic (exact) mass is 165 g/mol. The van der Waals surface area contributed by atoms with E-state index in [-0.39, 0.29) is 5.69 Å². The van der Waals surface area contributed by atoms with E-state index >= 15 is 0 Å². The number of rotatable bonds is 3. The summed E-state index contributed by atoms with van der Waals surface area (Å²) >= 11 is 0. The Hall–Kier alpha value is -1.42. The van der Waals surface area contributed by atoms with Gasteiger partial charge in [-0.25, -0.2) is 0 Å². The second kappa shape index (κ2) is 3.82. The second-order valence-electron chi connectivity index (χ2n) is 2.29. The molecule has 1 aromatic rings. The van der Waals surface area contributed by atoms with Crippen LogP contribution in [0.2, 0.25) is 0 Å². The van der Waals surface area contributed by atoms with Crippen LogP contribution in [0.4, 0.5) is 5.69 Å².